The SMILES string of the molecule is Cc1cccc2c1N(C(=O)Cc1ccc(-n3cnnn3)cc1)CCC2. The van der Waals surface area contributed by atoms with Crippen LogP contribution in [0.4, 0.5) is 5.69 Å². The molecule has 1 aliphatic heterocycles. The lowest BCUT2D eigenvalue weighted by molar-refractivity contribution is -0.118. The highest BCUT2D eigenvalue weighted by Crippen LogP contribution is 2.31. The highest BCUT2D eigenvalue weighted by Gasteiger charge is 2.23. The van der Waals surface area contributed by atoms with Crippen LogP contribution in [0, 0.1) is 6.92 Å². The maximum absolute atomic E-state index is 12.9. The Labute approximate surface area is 146 Å². The van der Waals surface area contributed by atoms with Crippen LogP contribution in [0.2, 0.25) is 0 Å². The number of amides is 1. The van der Waals surface area contributed by atoms with Gasteiger partial charge in [-0.15, -0.1) is 5.10 Å². The number of carbonyl (C=O) groups excluding carboxylic acids is 1. The Morgan fingerprint density at radius 2 is 2.00 bits per heavy atom. The van der Waals surface area contributed by atoms with E-state index in [4.69, 9.17) is 0 Å². The number of hydrogen-bond donors (Lipinski definition) is 0. The minimum atomic E-state index is 0.144. The zero-order valence-electron chi connectivity index (χ0n) is 14.1. The highest BCUT2D eigenvalue weighted by molar-refractivity contribution is 5.96. The molecule has 0 bridgehead atoms. The molecule has 126 valence electrons. The van der Waals surface area contributed by atoms with E-state index in [1.165, 1.54) is 11.1 Å². The maximum atomic E-state index is 12.9. The van der Waals surface area contributed by atoms with Crippen LogP contribution >= 0.6 is 0 Å². The standard InChI is InChI=1S/C19H19N5O/c1-14-4-2-5-16-6-3-11-23(19(14)16)18(25)12-15-7-9-17(10-8-15)24-13-20-21-22-24/h2,4-5,7-10,13H,3,6,11-12H2,1H3. The molecule has 0 saturated carbocycles. The summed E-state index contributed by atoms with van der Waals surface area (Å²) in [4.78, 5) is 14.8. The quantitative estimate of drug-likeness (QED) is 0.739. The van der Waals surface area contributed by atoms with Crippen LogP contribution in [0.25, 0.3) is 5.69 Å². The van der Waals surface area contributed by atoms with Gasteiger partial charge in [-0.1, -0.05) is 30.3 Å². The molecule has 0 unspecified atom stereocenters. The van der Waals surface area contributed by atoms with E-state index in [1.807, 2.05) is 29.2 Å². The van der Waals surface area contributed by atoms with Gasteiger partial charge in [-0.25, -0.2) is 4.68 Å². The molecule has 6 heteroatoms. The summed E-state index contributed by atoms with van der Waals surface area (Å²) in [7, 11) is 0. The predicted octanol–water partition coefficient (Wildman–Crippen LogP) is 2.49. The number of fused-ring (bicyclic) bond motifs is 1. The summed E-state index contributed by atoms with van der Waals surface area (Å²) >= 11 is 0. The number of anilines is 1. The number of tetrazole rings is 1. The molecular weight excluding hydrogens is 314 g/mol. The minimum Gasteiger partial charge on any atom is -0.312 e. The van der Waals surface area contributed by atoms with Crippen molar-refractivity contribution in [2.24, 2.45) is 0 Å². The third-order valence-corrected chi connectivity index (χ3v) is 4.63. The molecule has 1 amide bonds. The van der Waals surface area contributed by atoms with Gasteiger partial charge >= 0.3 is 0 Å². The molecule has 0 radical (unpaired) electrons. The van der Waals surface area contributed by atoms with Crippen molar-refractivity contribution in [3.05, 3.63) is 65.5 Å². The Morgan fingerprint density at radius 3 is 2.76 bits per heavy atom. The van der Waals surface area contributed by atoms with E-state index < -0.39 is 0 Å². The van der Waals surface area contributed by atoms with Gasteiger partial charge < -0.3 is 4.90 Å². The van der Waals surface area contributed by atoms with Crippen molar-refractivity contribution in [3.8, 4) is 5.69 Å². The number of carbonyl (C=O) groups is 1. The molecule has 4 rings (SSSR count). The third-order valence-electron chi connectivity index (χ3n) is 4.63. The fourth-order valence-corrected chi connectivity index (χ4v) is 3.41. The van der Waals surface area contributed by atoms with Gasteiger partial charge in [0.05, 0.1) is 12.1 Å². The summed E-state index contributed by atoms with van der Waals surface area (Å²) in [5.74, 6) is 0.144. The van der Waals surface area contributed by atoms with E-state index in [0.717, 1.165) is 36.3 Å². The van der Waals surface area contributed by atoms with E-state index in [9.17, 15) is 4.79 Å². The topological polar surface area (TPSA) is 63.9 Å². The van der Waals surface area contributed by atoms with Gasteiger partial charge in [0.15, 0.2) is 0 Å². The molecule has 0 N–H and O–H groups in total. The Hall–Kier alpha value is -3.02. The van der Waals surface area contributed by atoms with Crippen molar-refractivity contribution >= 4 is 11.6 Å². The summed E-state index contributed by atoms with van der Waals surface area (Å²) in [5, 5.41) is 11.1. The molecule has 0 atom stereocenters. The smallest absolute Gasteiger partial charge is 0.231 e. The molecule has 0 saturated heterocycles. The molecule has 3 aromatic rings. The van der Waals surface area contributed by atoms with Crippen molar-refractivity contribution in [2.75, 3.05) is 11.4 Å². The normalized spacial score (nSPS) is 13.6. The zero-order chi connectivity index (χ0) is 17.2. The average molecular weight is 333 g/mol. The van der Waals surface area contributed by atoms with Crippen LogP contribution < -0.4 is 4.90 Å². The van der Waals surface area contributed by atoms with E-state index in [0.29, 0.717) is 6.42 Å². The molecule has 25 heavy (non-hydrogen) atoms. The number of hydrogen-bond acceptors (Lipinski definition) is 4. The molecule has 0 fully saturated rings. The van der Waals surface area contributed by atoms with Gasteiger partial charge in [-0.2, -0.15) is 0 Å². The van der Waals surface area contributed by atoms with Crippen molar-refractivity contribution in [1.29, 1.82) is 0 Å². The van der Waals surface area contributed by atoms with Gasteiger partial charge in [0, 0.05) is 12.2 Å². The van der Waals surface area contributed by atoms with Crippen molar-refractivity contribution < 1.29 is 4.79 Å². The molecule has 2 heterocycles. The van der Waals surface area contributed by atoms with E-state index in [-0.39, 0.29) is 5.91 Å². The lowest BCUT2D eigenvalue weighted by atomic mass is 9.97. The number of aryl methyl sites for hydroxylation is 2. The Morgan fingerprint density at radius 1 is 1.16 bits per heavy atom. The van der Waals surface area contributed by atoms with Crippen LogP contribution in [0.1, 0.15) is 23.1 Å². The first-order valence-electron chi connectivity index (χ1n) is 8.43. The van der Waals surface area contributed by atoms with Gasteiger partial charge in [-0.3, -0.25) is 4.79 Å². The molecular formula is C19H19N5O. The van der Waals surface area contributed by atoms with Crippen LogP contribution in [0.5, 0.6) is 0 Å². The van der Waals surface area contributed by atoms with Gasteiger partial charge in [0.2, 0.25) is 5.91 Å². The van der Waals surface area contributed by atoms with Crippen molar-refractivity contribution in [2.45, 2.75) is 26.2 Å². The second kappa shape index (κ2) is 6.47. The van der Waals surface area contributed by atoms with E-state index >= 15 is 0 Å². The van der Waals surface area contributed by atoms with Crippen LogP contribution in [-0.2, 0) is 17.6 Å². The first-order chi connectivity index (χ1) is 12.2. The fraction of sp³-hybridized carbons (Fsp3) is 0.263. The average Bonchev–Trinajstić information content (AvgIpc) is 3.17. The summed E-state index contributed by atoms with van der Waals surface area (Å²) in [5.41, 5.74) is 5.40. The first kappa shape index (κ1) is 15.5. The number of aromatic nitrogens is 4. The molecule has 0 aliphatic carbocycles. The Kier molecular flexibility index (Phi) is 4.01. The summed E-state index contributed by atoms with van der Waals surface area (Å²) < 4.78 is 1.59. The van der Waals surface area contributed by atoms with Gasteiger partial charge in [0.25, 0.3) is 0 Å². The lowest BCUT2D eigenvalue weighted by Crippen LogP contribution is -2.37. The second-order valence-corrected chi connectivity index (χ2v) is 6.33. The monoisotopic (exact) mass is 333 g/mol. The van der Waals surface area contributed by atoms with Gasteiger partial charge in [0.1, 0.15) is 6.33 Å². The fourth-order valence-electron chi connectivity index (χ4n) is 3.41. The molecule has 0 spiro atoms. The lowest BCUT2D eigenvalue weighted by Gasteiger charge is -2.31. The maximum Gasteiger partial charge on any atom is 0.231 e. The first-order valence-corrected chi connectivity index (χ1v) is 8.43. The molecule has 1 aromatic heterocycles. The van der Waals surface area contributed by atoms with Gasteiger partial charge in [-0.05, 0) is 59.0 Å². The van der Waals surface area contributed by atoms with Crippen molar-refractivity contribution in [3.63, 3.8) is 0 Å². The number of benzene rings is 2. The van der Waals surface area contributed by atoms with E-state index in [1.54, 1.807) is 11.0 Å². The summed E-state index contributed by atoms with van der Waals surface area (Å²) in [6.45, 7) is 2.87. The molecule has 2 aromatic carbocycles. The summed E-state index contributed by atoms with van der Waals surface area (Å²) in [6, 6.07) is 14.0. The predicted molar refractivity (Wildman–Crippen MR) is 94.7 cm³/mol. The Bertz CT molecular complexity index is 887. The van der Waals surface area contributed by atoms with E-state index in [2.05, 4.69) is 40.6 Å². The second-order valence-electron chi connectivity index (χ2n) is 6.33. The van der Waals surface area contributed by atoms with Crippen LogP contribution in [0.15, 0.2) is 48.8 Å². The summed E-state index contributed by atoms with van der Waals surface area (Å²) in [6.07, 6.45) is 4.00. The zero-order valence-corrected chi connectivity index (χ0v) is 14.1. The number of para-hydroxylation sites is 1. The number of nitrogens with zero attached hydrogens (tertiary/aromatic N) is 5. The third kappa shape index (κ3) is 3.03. The largest absolute Gasteiger partial charge is 0.312 e. The minimum absolute atomic E-state index is 0.144. The van der Waals surface area contributed by atoms with Crippen molar-refractivity contribution in [1.82, 2.24) is 20.2 Å². The molecule has 1 aliphatic rings. The van der Waals surface area contributed by atoms with Crippen LogP contribution in [-0.4, -0.2) is 32.7 Å². The Balaban J connectivity index is 1.53. The van der Waals surface area contributed by atoms with Crippen LogP contribution in [0.3, 0.4) is 0 Å². The molecule has 6 nitrogen and oxygen atoms in total. The number of rotatable bonds is 3. The highest BCUT2D eigenvalue weighted by atomic mass is 16.2.